The number of nitrogens with one attached hydrogen (secondary N) is 1. The maximum Gasteiger partial charge on any atom is 0.156 e. The summed E-state index contributed by atoms with van der Waals surface area (Å²) in [6.45, 7) is 6.83. The van der Waals surface area contributed by atoms with Crippen molar-refractivity contribution in [1.29, 1.82) is 0 Å². The summed E-state index contributed by atoms with van der Waals surface area (Å²) in [6, 6.07) is 0. The van der Waals surface area contributed by atoms with Crippen LogP contribution in [0.4, 0.5) is 0 Å². The van der Waals surface area contributed by atoms with Gasteiger partial charge < -0.3 is 5.32 Å². The Morgan fingerprint density at radius 2 is 1.81 bits per heavy atom. The third-order valence-electron chi connectivity index (χ3n) is 3.43. The zero-order chi connectivity index (χ0) is 12.2. The second-order valence-electron chi connectivity index (χ2n) is 5.77. The van der Waals surface area contributed by atoms with Crippen LogP contribution in [-0.4, -0.2) is 32.0 Å². The maximum absolute atomic E-state index is 11.8. The molecule has 0 atom stereocenters. The molecule has 0 bridgehead atoms. The van der Waals surface area contributed by atoms with Crippen LogP contribution in [0.25, 0.3) is 0 Å². The smallest absolute Gasteiger partial charge is 0.156 e. The monoisotopic (exact) mass is 247 g/mol. The minimum absolute atomic E-state index is 0.251. The van der Waals surface area contributed by atoms with Crippen molar-refractivity contribution < 1.29 is 8.42 Å². The van der Waals surface area contributed by atoms with Crippen LogP contribution >= 0.6 is 0 Å². The zero-order valence-electron chi connectivity index (χ0n) is 10.8. The first-order chi connectivity index (χ1) is 7.33. The van der Waals surface area contributed by atoms with E-state index in [0.717, 1.165) is 12.5 Å². The summed E-state index contributed by atoms with van der Waals surface area (Å²) in [4.78, 5) is 0. The van der Waals surface area contributed by atoms with E-state index in [2.05, 4.69) is 5.32 Å². The minimum Gasteiger partial charge on any atom is -0.316 e. The van der Waals surface area contributed by atoms with E-state index in [9.17, 15) is 8.42 Å². The highest BCUT2D eigenvalue weighted by molar-refractivity contribution is 7.92. The van der Waals surface area contributed by atoms with Crippen molar-refractivity contribution in [2.45, 2.75) is 51.2 Å². The first-order valence-electron chi connectivity index (χ1n) is 6.26. The molecule has 0 spiro atoms. The molecule has 1 aliphatic carbocycles. The molecule has 0 radical (unpaired) electrons. The van der Waals surface area contributed by atoms with Crippen molar-refractivity contribution in [3.8, 4) is 0 Å². The average molecular weight is 247 g/mol. The third kappa shape index (κ3) is 4.06. The van der Waals surface area contributed by atoms with Crippen LogP contribution in [0.15, 0.2) is 0 Å². The number of rotatable bonds is 6. The lowest BCUT2D eigenvalue weighted by molar-refractivity contribution is 0.293. The van der Waals surface area contributed by atoms with Gasteiger partial charge in [-0.2, -0.15) is 0 Å². The highest BCUT2D eigenvalue weighted by Crippen LogP contribution is 2.28. The number of hydrogen-bond donors (Lipinski definition) is 1. The van der Waals surface area contributed by atoms with Gasteiger partial charge in [-0.15, -0.1) is 0 Å². The van der Waals surface area contributed by atoms with Gasteiger partial charge in [0.15, 0.2) is 9.84 Å². The molecule has 1 N–H and O–H groups in total. The van der Waals surface area contributed by atoms with Crippen LogP contribution in [0.5, 0.6) is 0 Å². The van der Waals surface area contributed by atoms with E-state index < -0.39 is 14.6 Å². The summed E-state index contributed by atoms with van der Waals surface area (Å²) >= 11 is 0. The highest BCUT2D eigenvalue weighted by atomic mass is 32.2. The molecule has 1 aliphatic rings. The lowest BCUT2D eigenvalue weighted by atomic mass is 9.83. The summed E-state index contributed by atoms with van der Waals surface area (Å²) in [7, 11) is -2.95. The first kappa shape index (κ1) is 14.0. The van der Waals surface area contributed by atoms with Gasteiger partial charge in [0.2, 0.25) is 0 Å². The molecule has 0 aromatic rings. The van der Waals surface area contributed by atoms with E-state index in [1.54, 1.807) is 20.8 Å². The van der Waals surface area contributed by atoms with Crippen LogP contribution in [-0.2, 0) is 9.84 Å². The van der Waals surface area contributed by atoms with Crippen molar-refractivity contribution in [3.63, 3.8) is 0 Å². The topological polar surface area (TPSA) is 46.2 Å². The molecule has 0 aromatic carbocycles. The van der Waals surface area contributed by atoms with Gasteiger partial charge in [0.1, 0.15) is 0 Å². The molecule has 1 fully saturated rings. The Kier molecular flexibility index (Phi) is 4.80. The Bertz CT molecular complexity index is 299. The fraction of sp³-hybridized carbons (Fsp3) is 1.00. The zero-order valence-corrected chi connectivity index (χ0v) is 11.6. The second-order valence-corrected chi connectivity index (χ2v) is 8.63. The van der Waals surface area contributed by atoms with Gasteiger partial charge in [-0.1, -0.05) is 19.3 Å². The first-order valence-corrected chi connectivity index (χ1v) is 7.91. The molecule has 16 heavy (non-hydrogen) atoms. The van der Waals surface area contributed by atoms with E-state index >= 15 is 0 Å². The molecule has 0 amide bonds. The lowest BCUT2D eigenvalue weighted by Crippen LogP contribution is -2.35. The molecule has 0 saturated heterocycles. The largest absolute Gasteiger partial charge is 0.316 e. The van der Waals surface area contributed by atoms with Crippen molar-refractivity contribution in [2.75, 3.05) is 18.8 Å². The Morgan fingerprint density at radius 1 is 1.19 bits per heavy atom. The molecule has 0 heterocycles. The van der Waals surface area contributed by atoms with Gasteiger partial charge in [0, 0.05) is 6.54 Å². The molecule has 1 rings (SSSR count). The summed E-state index contributed by atoms with van der Waals surface area (Å²) in [5, 5.41) is 3.23. The van der Waals surface area contributed by atoms with E-state index in [1.807, 2.05) is 0 Å². The SMILES string of the molecule is CC(C)(C)S(=O)(=O)CCNCCC1CCC1. The predicted molar refractivity (Wildman–Crippen MR) is 68.4 cm³/mol. The quantitative estimate of drug-likeness (QED) is 0.730. The van der Waals surface area contributed by atoms with E-state index in [1.165, 1.54) is 25.7 Å². The second kappa shape index (κ2) is 5.50. The number of sulfone groups is 1. The normalized spacial score (nSPS) is 18.4. The van der Waals surface area contributed by atoms with Crippen molar-refractivity contribution in [3.05, 3.63) is 0 Å². The van der Waals surface area contributed by atoms with Crippen LogP contribution in [0.2, 0.25) is 0 Å². The van der Waals surface area contributed by atoms with Crippen LogP contribution in [0, 0.1) is 5.92 Å². The Hall–Kier alpha value is -0.0900. The van der Waals surface area contributed by atoms with Gasteiger partial charge in [0.05, 0.1) is 10.5 Å². The molecular weight excluding hydrogens is 222 g/mol. The number of hydrogen-bond acceptors (Lipinski definition) is 3. The van der Waals surface area contributed by atoms with Gasteiger partial charge >= 0.3 is 0 Å². The summed E-state index contributed by atoms with van der Waals surface area (Å²) in [6.07, 6.45) is 5.31. The molecule has 1 saturated carbocycles. The molecule has 0 aromatic heterocycles. The highest BCUT2D eigenvalue weighted by Gasteiger charge is 2.28. The Balaban J connectivity index is 2.10. The van der Waals surface area contributed by atoms with Gasteiger partial charge in [-0.05, 0) is 39.7 Å². The predicted octanol–water partition coefficient (Wildman–Crippen LogP) is 1.98. The van der Waals surface area contributed by atoms with Gasteiger partial charge in [-0.3, -0.25) is 0 Å². The molecule has 4 heteroatoms. The van der Waals surface area contributed by atoms with Crippen LogP contribution < -0.4 is 5.32 Å². The van der Waals surface area contributed by atoms with Crippen LogP contribution in [0.1, 0.15) is 46.5 Å². The maximum atomic E-state index is 11.8. The summed E-state index contributed by atoms with van der Waals surface area (Å²) in [5.74, 6) is 1.15. The summed E-state index contributed by atoms with van der Waals surface area (Å²) < 4.78 is 22.9. The van der Waals surface area contributed by atoms with Crippen molar-refractivity contribution in [2.24, 2.45) is 5.92 Å². The van der Waals surface area contributed by atoms with E-state index in [-0.39, 0.29) is 5.75 Å². The van der Waals surface area contributed by atoms with Gasteiger partial charge in [-0.25, -0.2) is 8.42 Å². The minimum atomic E-state index is -2.95. The fourth-order valence-electron chi connectivity index (χ4n) is 1.73. The lowest BCUT2D eigenvalue weighted by Gasteiger charge is -2.25. The molecule has 96 valence electrons. The standard InChI is InChI=1S/C12H25NO2S/c1-12(2,3)16(14,15)10-9-13-8-7-11-5-4-6-11/h11,13H,4-10H2,1-3H3. The third-order valence-corrected chi connectivity index (χ3v) is 6.04. The Labute approximate surface area is 99.9 Å². The summed E-state index contributed by atoms with van der Waals surface area (Å²) in [5.41, 5.74) is 0. The van der Waals surface area contributed by atoms with Crippen LogP contribution in [0.3, 0.4) is 0 Å². The fourth-order valence-corrected chi connectivity index (χ4v) is 2.75. The van der Waals surface area contributed by atoms with E-state index in [0.29, 0.717) is 6.54 Å². The van der Waals surface area contributed by atoms with Gasteiger partial charge in [0.25, 0.3) is 0 Å². The van der Waals surface area contributed by atoms with Crippen molar-refractivity contribution >= 4 is 9.84 Å². The van der Waals surface area contributed by atoms with E-state index in [4.69, 9.17) is 0 Å². The molecule has 3 nitrogen and oxygen atoms in total. The Morgan fingerprint density at radius 3 is 2.25 bits per heavy atom. The molecular formula is C12H25NO2S. The average Bonchev–Trinajstić information content (AvgIpc) is 2.05. The molecule has 0 unspecified atom stereocenters. The van der Waals surface area contributed by atoms with Crippen molar-refractivity contribution in [1.82, 2.24) is 5.32 Å². The molecule has 0 aliphatic heterocycles.